The van der Waals surface area contributed by atoms with Gasteiger partial charge in [0.15, 0.2) is 0 Å². The van der Waals surface area contributed by atoms with Crippen LogP contribution in [0.1, 0.15) is 22.3 Å². The minimum Gasteiger partial charge on any atom is -0.310 e. The highest BCUT2D eigenvalue weighted by molar-refractivity contribution is 6.26. The van der Waals surface area contributed by atoms with Gasteiger partial charge in [0.25, 0.3) is 0 Å². The number of rotatable bonds is 7. The fourth-order valence-electron chi connectivity index (χ4n) is 9.59. The van der Waals surface area contributed by atoms with Crippen LogP contribution in [0.4, 0.5) is 34.1 Å². The first-order valence-corrected chi connectivity index (χ1v) is 20.5. The Kier molecular flexibility index (Phi) is 8.06. The Hall–Kier alpha value is -7.36. The van der Waals surface area contributed by atoms with Crippen molar-refractivity contribution in [3.63, 3.8) is 0 Å². The monoisotopic (exact) mass is 757 g/mol. The van der Waals surface area contributed by atoms with Gasteiger partial charge in [-0.05, 0) is 145 Å². The topological polar surface area (TPSA) is 11.4 Å². The Morgan fingerprint density at radius 2 is 0.915 bits per heavy atom. The van der Waals surface area contributed by atoms with Crippen LogP contribution in [0.3, 0.4) is 0 Å². The molecular formula is C56H43N3. The van der Waals surface area contributed by atoms with Crippen LogP contribution in [0.25, 0.3) is 59.8 Å². The average Bonchev–Trinajstić information content (AvgIpc) is 3.59. The number of hydrogen-bond acceptors (Lipinski definition) is 2. The molecule has 11 aromatic rings. The van der Waals surface area contributed by atoms with Crippen molar-refractivity contribution in [2.45, 2.75) is 27.7 Å². The summed E-state index contributed by atoms with van der Waals surface area (Å²) in [6, 6.07) is 69.4. The average molecular weight is 758 g/mol. The van der Waals surface area contributed by atoms with Gasteiger partial charge in [-0.2, -0.15) is 0 Å². The van der Waals surface area contributed by atoms with E-state index in [1.54, 1.807) is 0 Å². The molecule has 0 fully saturated rings. The van der Waals surface area contributed by atoms with Crippen molar-refractivity contribution in [2.75, 3.05) is 9.80 Å². The summed E-state index contributed by atoms with van der Waals surface area (Å²) < 4.78 is 2.38. The highest BCUT2D eigenvalue weighted by Crippen LogP contribution is 2.47. The first-order chi connectivity index (χ1) is 28.9. The molecule has 0 unspecified atom stereocenters. The van der Waals surface area contributed by atoms with Crippen LogP contribution in [0, 0.1) is 27.7 Å². The van der Waals surface area contributed by atoms with Gasteiger partial charge >= 0.3 is 0 Å². The van der Waals surface area contributed by atoms with E-state index in [2.05, 4.69) is 230 Å². The number of aryl methyl sites for hydroxylation is 4. The van der Waals surface area contributed by atoms with Crippen molar-refractivity contribution in [3.8, 4) is 5.69 Å². The van der Waals surface area contributed by atoms with Crippen LogP contribution >= 0.6 is 0 Å². The maximum atomic E-state index is 2.45. The van der Waals surface area contributed by atoms with Crippen molar-refractivity contribution in [1.29, 1.82) is 0 Å². The van der Waals surface area contributed by atoms with Crippen LogP contribution in [0.5, 0.6) is 0 Å². The Morgan fingerprint density at radius 3 is 1.61 bits per heavy atom. The Morgan fingerprint density at radius 1 is 0.339 bits per heavy atom. The SMILES string of the molecule is Cc1ccc(N(c2cc3ccc4ccc(N(c5ccccc5)c5ccc6c(c5)c5ccccc5n6-c5ccccc5)c5ccc(c2)c3c45)c2ccc(C)cc2C)c(C)c1. The minimum absolute atomic E-state index is 1.12. The van der Waals surface area contributed by atoms with Gasteiger partial charge in [0, 0.05) is 50.3 Å². The molecule has 0 aliphatic rings. The Bertz CT molecular complexity index is 3310. The number of hydrogen-bond donors (Lipinski definition) is 0. The summed E-state index contributed by atoms with van der Waals surface area (Å²) in [6.07, 6.45) is 0. The molecule has 3 heteroatoms. The van der Waals surface area contributed by atoms with E-state index in [1.165, 1.54) is 87.8 Å². The standard InChI is InChI=1S/C56H43N3/c1-36-19-27-50(38(3)31-36)59(51-28-20-37(2)32-39(51)4)46-33-41-22-21-40-24-29-53(48-26-23-42(34-46)55(41)56(40)48)57(43-13-7-5-8-14-43)45-25-30-54-49(35-45)47-17-11-12-18-52(47)58(54)44-15-9-6-10-16-44/h5-35H,1-4H3. The quantitative estimate of drug-likeness (QED) is 0.150. The highest BCUT2D eigenvalue weighted by atomic mass is 15.2. The third-order valence-corrected chi connectivity index (χ3v) is 12.2. The number of fused-ring (bicyclic) bond motifs is 3. The zero-order valence-electron chi connectivity index (χ0n) is 33.7. The van der Waals surface area contributed by atoms with Crippen LogP contribution in [0.15, 0.2) is 188 Å². The summed E-state index contributed by atoms with van der Waals surface area (Å²) in [5.74, 6) is 0. The number of aromatic nitrogens is 1. The van der Waals surface area contributed by atoms with E-state index in [1.807, 2.05) is 0 Å². The Labute approximate surface area is 345 Å². The van der Waals surface area contributed by atoms with E-state index in [-0.39, 0.29) is 0 Å². The molecule has 0 N–H and O–H groups in total. The second kappa shape index (κ2) is 13.6. The van der Waals surface area contributed by atoms with Crippen LogP contribution in [-0.4, -0.2) is 4.57 Å². The lowest BCUT2D eigenvalue weighted by Crippen LogP contribution is -2.13. The van der Waals surface area contributed by atoms with E-state index >= 15 is 0 Å². The van der Waals surface area contributed by atoms with Crippen molar-refractivity contribution in [3.05, 3.63) is 210 Å². The number of nitrogens with zero attached hydrogens (tertiary/aromatic N) is 3. The molecule has 3 nitrogen and oxygen atoms in total. The second-order valence-corrected chi connectivity index (χ2v) is 16.1. The predicted octanol–water partition coefficient (Wildman–Crippen LogP) is 15.9. The molecule has 11 rings (SSSR count). The van der Waals surface area contributed by atoms with Crippen LogP contribution in [-0.2, 0) is 0 Å². The van der Waals surface area contributed by atoms with Gasteiger partial charge in [-0.25, -0.2) is 0 Å². The van der Waals surface area contributed by atoms with Crippen molar-refractivity contribution < 1.29 is 0 Å². The second-order valence-electron chi connectivity index (χ2n) is 16.1. The van der Waals surface area contributed by atoms with Crippen LogP contribution < -0.4 is 9.80 Å². The maximum absolute atomic E-state index is 2.45. The maximum Gasteiger partial charge on any atom is 0.0542 e. The third-order valence-electron chi connectivity index (χ3n) is 12.2. The Balaban J connectivity index is 1.12. The molecule has 282 valence electrons. The van der Waals surface area contributed by atoms with Gasteiger partial charge in [0.05, 0.1) is 16.7 Å². The number of benzene rings is 10. The first-order valence-electron chi connectivity index (χ1n) is 20.5. The lowest BCUT2D eigenvalue weighted by atomic mass is 9.92. The molecule has 0 saturated carbocycles. The van der Waals surface area contributed by atoms with E-state index in [4.69, 9.17) is 0 Å². The van der Waals surface area contributed by atoms with Crippen molar-refractivity contribution in [1.82, 2.24) is 4.57 Å². The van der Waals surface area contributed by atoms with E-state index < -0.39 is 0 Å². The molecule has 0 amide bonds. The highest BCUT2D eigenvalue weighted by Gasteiger charge is 2.23. The summed E-state index contributed by atoms with van der Waals surface area (Å²) in [6.45, 7) is 8.79. The molecular weight excluding hydrogens is 715 g/mol. The summed E-state index contributed by atoms with van der Waals surface area (Å²) in [7, 11) is 0. The van der Waals surface area contributed by atoms with Gasteiger partial charge in [-0.15, -0.1) is 0 Å². The molecule has 0 atom stereocenters. The summed E-state index contributed by atoms with van der Waals surface area (Å²) >= 11 is 0. The number of para-hydroxylation sites is 3. The van der Waals surface area contributed by atoms with E-state index in [0.717, 1.165) is 28.4 Å². The molecule has 0 aliphatic heterocycles. The molecule has 1 heterocycles. The summed E-state index contributed by atoms with van der Waals surface area (Å²) in [4.78, 5) is 4.89. The molecule has 0 bridgehead atoms. The van der Waals surface area contributed by atoms with Crippen molar-refractivity contribution in [2.24, 2.45) is 0 Å². The third kappa shape index (κ3) is 5.65. The van der Waals surface area contributed by atoms with Gasteiger partial charge in [-0.3, -0.25) is 0 Å². The van der Waals surface area contributed by atoms with Gasteiger partial charge < -0.3 is 14.4 Å². The fraction of sp³-hybridized carbons (Fsp3) is 0.0714. The van der Waals surface area contributed by atoms with Gasteiger partial charge in [0.1, 0.15) is 0 Å². The lowest BCUT2D eigenvalue weighted by Gasteiger charge is -2.30. The minimum atomic E-state index is 1.12. The molecule has 59 heavy (non-hydrogen) atoms. The van der Waals surface area contributed by atoms with E-state index in [9.17, 15) is 0 Å². The summed E-state index contributed by atoms with van der Waals surface area (Å²) in [5.41, 5.74) is 15.5. The number of anilines is 6. The zero-order chi connectivity index (χ0) is 39.8. The molecule has 10 aromatic carbocycles. The van der Waals surface area contributed by atoms with E-state index in [0.29, 0.717) is 0 Å². The zero-order valence-corrected chi connectivity index (χ0v) is 33.7. The molecule has 0 spiro atoms. The molecule has 0 saturated heterocycles. The molecule has 0 radical (unpaired) electrons. The van der Waals surface area contributed by atoms with Gasteiger partial charge in [-0.1, -0.05) is 120 Å². The van der Waals surface area contributed by atoms with Crippen LogP contribution in [0.2, 0.25) is 0 Å². The first kappa shape index (κ1) is 34.9. The largest absolute Gasteiger partial charge is 0.310 e. The summed E-state index contributed by atoms with van der Waals surface area (Å²) in [5, 5.41) is 9.97. The smallest absolute Gasteiger partial charge is 0.0542 e. The lowest BCUT2D eigenvalue weighted by molar-refractivity contribution is 1.18. The molecule has 1 aromatic heterocycles. The predicted molar refractivity (Wildman–Crippen MR) is 253 cm³/mol. The van der Waals surface area contributed by atoms with Gasteiger partial charge in [0.2, 0.25) is 0 Å². The van der Waals surface area contributed by atoms with Crippen molar-refractivity contribution >= 4 is 88.2 Å². The molecule has 0 aliphatic carbocycles. The normalized spacial score (nSPS) is 11.7. The fourth-order valence-corrected chi connectivity index (χ4v) is 9.59.